The molecule has 2 atom stereocenters. The summed E-state index contributed by atoms with van der Waals surface area (Å²) in [6.45, 7) is 11.6. The van der Waals surface area contributed by atoms with Crippen molar-refractivity contribution >= 4 is 11.9 Å². The molecule has 28 heavy (non-hydrogen) atoms. The minimum Gasteiger partial charge on any atom is -0.452 e. The quantitative estimate of drug-likeness (QED) is 0.591. The Hall–Kier alpha value is -2.62. The van der Waals surface area contributed by atoms with Crippen LogP contribution in [0.1, 0.15) is 62.3 Å². The number of carbonyl (C=O) groups excluding carboxylic acids is 2. The molecule has 2 aromatic rings. The van der Waals surface area contributed by atoms with Gasteiger partial charge in [0.05, 0.1) is 11.1 Å². The second-order valence-corrected chi connectivity index (χ2v) is 8.16. The average Bonchev–Trinajstić information content (AvgIpc) is 2.68. The maximum atomic E-state index is 12.8. The molecule has 0 aliphatic rings. The van der Waals surface area contributed by atoms with Gasteiger partial charge in [-0.1, -0.05) is 57.2 Å². The summed E-state index contributed by atoms with van der Waals surface area (Å²) in [5.74, 6) is -0.718. The smallest absolute Gasteiger partial charge is 0.338 e. The molecule has 0 aromatic heterocycles. The molecule has 0 spiro atoms. The molecule has 0 radical (unpaired) electrons. The Bertz CT molecular complexity index is 796. The van der Waals surface area contributed by atoms with E-state index in [1.54, 1.807) is 62.4 Å². The second kappa shape index (κ2) is 8.59. The number of rotatable bonds is 7. The summed E-state index contributed by atoms with van der Waals surface area (Å²) in [6, 6.07) is 17.7. The number of benzene rings is 2. The van der Waals surface area contributed by atoms with Gasteiger partial charge in [0.1, 0.15) is 5.60 Å². The number of carbonyl (C=O) groups is 2. The Morgan fingerprint density at radius 2 is 1.11 bits per heavy atom. The number of esters is 2. The van der Waals surface area contributed by atoms with Gasteiger partial charge < -0.3 is 9.47 Å². The molecule has 2 aromatic carbocycles. The summed E-state index contributed by atoms with van der Waals surface area (Å²) >= 11 is 0. The molecule has 0 saturated carbocycles. The normalized spacial score (nSPS) is 14.8. The molecule has 0 aliphatic heterocycles. The molecule has 2 unspecified atom stereocenters. The van der Waals surface area contributed by atoms with Crippen LogP contribution in [0.5, 0.6) is 0 Å². The predicted octanol–water partition coefficient (Wildman–Crippen LogP) is 5.53. The standard InChI is InChI=1S/C24H30O4/c1-17(2)18(3)24(6,28-22(26)20-15-11-8-12-16-20)23(4,5)27-21(25)19-13-9-7-10-14-19/h7-18H,1-6H3. The number of ether oxygens (including phenoxy) is 2. The van der Waals surface area contributed by atoms with Gasteiger partial charge in [-0.2, -0.15) is 0 Å². The highest BCUT2D eigenvalue weighted by molar-refractivity contribution is 5.90. The number of hydrogen-bond donors (Lipinski definition) is 0. The van der Waals surface area contributed by atoms with Crippen LogP contribution in [0.2, 0.25) is 0 Å². The van der Waals surface area contributed by atoms with Crippen molar-refractivity contribution in [3.63, 3.8) is 0 Å². The predicted molar refractivity (Wildman–Crippen MR) is 110 cm³/mol. The van der Waals surface area contributed by atoms with E-state index in [9.17, 15) is 9.59 Å². The largest absolute Gasteiger partial charge is 0.452 e. The van der Waals surface area contributed by atoms with E-state index in [4.69, 9.17) is 9.47 Å². The lowest BCUT2D eigenvalue weighted by atomic mass is 9.72. The van der Waals surface area contributed by atoms with Gasteiger partial charge in [-0.05, 0) is 51.0 Å². The molecule has 0 saturated heterocycles. The lowest BCUT2D eigenvalue weighted by Crippen LogP contribution is -2.58. The third kappa shape index (κ3) is 4.61. The SMILES string of the molecule is CC(C)C(C)C(C)(OC(=O)c1ccccc1)C(C)(C)OC(=O)c1ccccc1. The summed E-state index contributed by atoms with van der Waals surface area (Å²) in [6.07, 6.45) is 0. The summed E-state index contributed by atoms with van der Waals surface area (Å²) in [5.41, 5.74) is -1.15. The van der Waals surface area contributed by atoms with Crippen molar-refractivity contribution in [1.29, 1.82) is 0 Å². The van der Waals surface area contributed by atoms with E-state index in [1.807, 2.05) is 26.0 Å². The highest BCUT2D eigenvalue weighted by Gasteiger charge is 2.52. The van der Waals surface area contributed by atoms with E-state index in [0.717, 1.165) is 0 Å². The summed E-state index contributed by atoms with van der Waals surface area (Å²) in [4.78, 5) is 25.5. The van der Waals surface area contributed by atoms with E-state index < -0.39 is 23.1 Å². The van der Waals surface area contributed by atoms with Crippen molar-refractivity contribution < 1.29 is 19.1 Å². The summed E-state index contributed by atoms with van der Waals surface area (Å²) in [5, 5.41) is 0. The topological polar surface area (TPSA) is 52.6 Å². The summed E-state index contributed by atoms with van der Waals surface area (Å²) in [7, 11) is 0. The van der Waals surface area contributed by atoms with Gasteiger partial charge in [-0.25, -0.2) is 9.59 Å². The highest BCUT2D eigenvalue weighted by Crippen LogP contribution is 2.40. The van der Waals surface area contributed by atoms with Crippen molar-refractivity contribution in [3.8, 4) is 0 Å². The second-order valence-electron chi connectivity index (χ2n) is 8.16. The van der Waals surface area contributed by atoms with E-state index in [-0.39, 0.29) is 11.8 Å². The molecule has 2 rings (SSSR count). The maximum Gasteiger partial charge on any atom is 0.338 e. The molecule has 0 N–H and O–H groups in total. The van der Waals surface area contributed by atoms with E-state index in [1.165, 1.54) is 0 Å². The van der Waals surface area contributed by atoms with Crippen LogP contribution in [-0.2, 0) is 9.47 Å². The minimum absolute atomic E-state index is 0.0567. The Morgan fingerprint density at radius 3 is 1.50 bits per heavy atom. The van der Waals surface area contributed by atoms with E-state index in [2.05, 4.69) is 13.8 Å². The van der Waals surface area contributed by atoms with Gasteiger partial charge in [0.15, 0.2) is 5.60 Å². The molecular formula is C24H30O4. The molecule has 0 fully saturated rings. The minimum atomic E-state index is -1.05. The van der Waals surface area contributed by atoms with Crippen molar-refractivity contribution in [2.45, 2.75) is 52.7 Å². The monoisotopic (exact) mass is 382 g/mol. The molecule has 0 bridgehead atoms. The van der Waals surface area contributed by atoms with Crippen molar-refractivity contribution in [1.82, 2.24) is 0 Å². The Kier molecular flexibility index (Phi) is 6.65. The Balaban J connectivity index is 2.34. The molecule has 0 heterocycles. The van der Waals surface area contributed by atoms with Crippen LogP contribution in [0.25, 0.3) is 0 Å². The van der Waals surface area contributed by atoms with Gasteiger partial charge in [0.2, 0.25) is 0 Å². The molecule has 4 heteroatoms. The van der Waals surface area contributed by atoms with E-state index >= 15 is 0 Å². The van der Waals surface area contributed by atoms with Gasteiger partial charge >= 0.3 is 11.9 Å². The zero-order valence-electron chi connectivity index (χ0n) is 17.6. The van der Waals surface area contributed by atoms with Crippen LogP contribution in [0.15, 0.2) is 60.7 Å². The van der Waals surface area contributed by atoms with Crippen LogP contribution in [-0.4, -0.2) is 23.1 Å². The molecular weight excluding hydrogens is 352 g/mol. The zero-order valence-corrected chi connectivity index (χ0v) is 17.6. The first-order valence-electron chi connectivity index (χ1n) is 9.65. The highest BCUT2D eigenvalue weighted by atomic mass is 16.6. The maximum absolute atomic E-state index is 12.8. The first-order valence-corrected chi connectivity index (χ1v) is 9.65. The molecule has 150 valence electrons. The van der Waals surface area contributed by atoms with Gasteiger partial charge in [-0.3, -0.25) is 0 Å². The molecule has 0 aliphatic carbocycles. The van der Waals surface area contributed by atoms with Gasteiger partial charge in [0.25, 0.3) is 0 Å². The summed E-state index contributed by atoms with van der Waals surface area (Å²) < 4.78 is 11.9. The van der Waals surface area contributed by atoms with Crippen LogP contribution in [0, 0.1) is 11.8 Å². The lowest BCUT2D eigenvalue weighted by molar-refractivity contribution is -0.164. The first kappa shape index (κ1) is 21.7. The molecule has 4 nitrogen and oxygen atoms in total. The number of hydrogen-bond acceptors (Lipinski definition) is 4. The Labute approximate surface area is 167 Å². The van der Waals surface area contributed by atoms with E-state index in [0.29, 0.717) is 11.1 Å². The van der Waals surface area contributed by atoms with Gasteiger partial charge in [0, 0.05) is 5.92 Å². The average molecular weight is 383 g/mol. The van der Waals surface area contributed by atoms with Crippen molar-refractivity contribution in [3.05, 3.63) is 71.8 Å². The fourth-order valence-electron chi connectivity index (χ4n) is 3.19. The van der Waals surface area contributed by atoms with Gasteiger partial charge in [-0.15, -0.1) is 0 Å². The fraction of sp³-hybridized carbons (Fsp3) is 0.417. The Morgan fingerprint density at radius 1 is 0.714 bits per heavy atom. The van der Waals surface area contributed by atoms with Crippen molar-refractivity contribution in [2.75, 3.05) is 0 Å². The van der Waals surface area contributed by atoms with Crippen molar-refractivity contribution in [2.24, 2.45) is 11.8 Å². The third-order valence-corrected chi connectivity index (χ3v) is 5.74. The van der Waals surface area contributed by atoms with Crippen LogP contribution in [0.3, 0.4) is 0 Å². The van der Waals surface area contributed by atoms with Crippen LogP contribution >= 0.6 is 0 Å². The fourth-order valence-corrected chi connectivity index (χ4v) is 3.19. The van der Waals surface area contributed by atoms with Crippen LogP contribution in [0.4, 0.5) is 0 Å². The van der Waals surface area contributed by atoms with Crippen LogP contribution < -0.4 is 0 Å². The third-order valence-electron chi connectivity index (χ3n) is 5.74. The lowest BCUT2D eigenvalue weighted by Gasteiger charge is -2.47. The molecule has 0 amide bonds. The first-order chi connectivity index (χ1) is 13.1. The zero-order chi connectivity index (χ0) is 20.9.